The van der Waals surface area contributed by atoms with Gasteiger partial charge in [-0.1, -0.05) is 41.5 Å². The molecule has 0 N–H and O–H groups in total. The van der Waals surface area contributed by atoms with E-state index >= 15 is 0 Å². The lowest BCUT2D eigenvalue weighted by atomic mass is 10.0. The van der Waals surface area contributed by atoms with Gasteiger partial charge < -0.3 is 28.4 Å². The molecule has 3 fully saturated rings. The summed E-state index contributed by atoms with van der Waals surface area (Å²) in [6.07, 6.45) is 0.769. The average Bonchev–Trinajstić information content (AvgIpc) is 3.22. The van der Waals surface area contributed by atoms with Crippen molar-refractivity contribution in [2.75, 3.05) is 13.2 Å². The zero-order valence-corrected chi connectivity index (χ0v) is 19.8. The van der Waals surface area contributed by atoms with Gasteiger partial charge in [0.1, 0.15) is 24.4 Å². The first kappa shape index (κ1) is 23.4. The molecule has 7 unspecified atom stereocenters. The molecule has 170 valence electrons. The number of hydrogen-bond donors (Lipinski definition) is 0. The summed E-state index contributed by atoms with van der Waals surface area (Å²) in [5.74, 6) is -0.661. The van der Waals surface area contributed by atoms with E-state index in [0.29, 0.717) is 25.0 Å². The van der Waals surface area contributed by atoms with Gasteiger partial charge >= 0.3 is 0 Å². The number of rotatable bonds is 7. The van der Waals surface area contributed by atoms with Gasteiger partial charge in [0, 0.05) is 18.8 Å². The van der Waals surface area contributed by atoms with Crippen molar-refractivity contribution in [3.63, 3.8) is 0 Å². The van der Waals surface area contributed by atoms with Crippen LogP contribution in [0.1, 0.15) is 75.2 Å². The molecule has 0 aliphatic carbocycles. The van der Waals surface area contributed by atoms with E-state index in [9.17, 15) is 0 Å². The largest absolute Gasteiger partial charge is 0.347 e. The Balaban J connectivity index is 1.77. The molecule has 0 spiro atoms. The van der Waals surface area contributed by atoms with Gasteiger partial charge in [0.15, 0.2) is 17.4 Å². The van der Waals surface area contributed by atoms with Gasteiger partial charge in [-0.15, -0.1) is 0 Å². The zero-order chi connectivity index (χ0) is 21.6. The molecule has 3 heterocycles. The Bertz CT molecular complexity index is 566. The molecule has 0 aromatic rings. The van der Waals surface area contributed by atoms with Crippen LogP contribution in [0, 0.1) is 17.8 Å². The fraction of sp³-hybridized carbons (Fsp3) is 1.00. The summed E-state index contributed by atoms with van der Waals surface area (Å²) in [6, 6.07) is 0. The summed E-state index contributed by atoms with van der Waals surface area (Å²) < 4.78 is 38.0. The molecule has 0 bridgehead atoms. The normalized spacial score (nSPS) is 45.9. The van der Waals surface area contributed by atoms with Crippen LogP contribution in [-0.2, 0) is 28.4 Å². The van der Waals surface area contributed by atoms with Crippen molar-refractivity contribution in [3.8, 4) is 0 Å². The lowest BCUT2D eigenvalue weighted by Gasteiger charge is -2.30. The van der Waals surface area contributed by atoms with Gasteiger partial charge in [-0.3, -0.25) is 0 Å². The van der Waals surface area contributed by atoms with Gasteiger partial charge in [-0.25, -0.2) is 0 Å². The Morgan fingerprint density at radius 2 is 1.14 bits per heavy atom. The molecule has 6 nitrogen and oxygen atoms in total. The predicted octanol–water partition coefficient (Wildman–Crippen LogP) is 4.50. The summed E-state index contributed by atoms with van der Waals surface area (Å²) in [5.41, 5.74) is 0. The minimum atomic E-state index is -0.663. The minimum absolute atomic E-state index is 0.188. The Labute approximate surface area is 176 Å². The highest BCUT2D eigenvalue weighted by Gasteiger charge is 2.57. The molecular weight excluding hydrogens is 372 g/mol. The molecule has 0 amide bonds. The molecule has 0 radical (unpaired) electrons. The molecule has 0 aromatic heterocycles. The summed E-state index contributed by atoms with van der Waals surface area (Å²) in [4.78, 5) is 0. The van der Waals surface area contributed by atoms with E-state index in [-0.39, 0.29) is 30.3 Å². The van der Waals surface area contributed by atoms with Crippen molar-refractivity contribution in [3.05, 3.63) is 0 Å². The van der Waals surface area contributed by atoms with Crippen LogP contribution in [0.25, 0.3) is 0 Å². The molecule has 3 aliphatic heterocycles. The quantitative estimate of drug-likeness (QED) is 0.611. The highest BCUT2D eigenvalue weighted by atomic mass is 16.8. The van der Waals surface area contributed by atoms with E-state index in [1.165, 1.54) is 0 Å². The predicted molar refractivity (Wildman–Crippen MR) is 110 cm³/mol. The number of hydrogen-bond acceptors (Lipinski definition) is 6. The Morgan fingerprint density at radius 3 is 1.62 bits per heavy atom. The standard InChI is InChI=1S/C23H42O6/c1-14(2)10-21(7)24-12-17(26-21)19-20(29-22(8,28-19)11-15(3)4)18-13-25-23(9,27-18)16(5)6/h14-20H,10-13H2,1-9H3. The Hall–Kier alpha value is -0.240. The van der Waals surface area contributed by atoms with Crippen molar-refractivity contribution in [1.29, 1.82) is 0 Å². The van der Waals surface area contributed by atoms with Gasteiger partial charge in [0.2, 0.25) is 0 Å². The summed E-state index contributed by atoms with van der Waals surface area (Å²) in [5, 5.41) is 0. The van der Waals surface area contributed by atoms with Crippen LogP contribution in [-0.4, -0.2) is 55.0 Å². The van der Waals surface area contributed by atoms with Crippen molar-refractivity contribution >= 4 is 0 Å². The average molecular weight is 415 g/mol. The highest BCUT2D eigenvalue weighted by Crippen LogP contribution is 2.44. The first-order valence-corrected chi connectivity index (χ1v) is 11.3. The van der Waals surface area contributed by atoms with Crippen LogP contribution < -0.4 is 0 Å². The molecule has 3 rings (SSSR count). The monoisotopic (exact) mass is 414 g/mol. The molecule has 0 aromatic carbocycles. The molecule has 0 saturated carbocycles. The smallest absolute Gasteiger partial charge is 0.168 e. The third kappa shape index (κ3) is 5.16. The van der Waals surface area contributed by atoms with E-state index in [4.69, 9.17) is 28.4 Å². The maximum absolute atomic E-state index is 6.53. The van der Waals surface area contributed by atoms with Gasteiger partial charge in [0.05, 0.1) is 13.2 Å². The Kier molecular flexibility index (Phi) is 6.75. The second-order valence-corrected chi connectivity index (χ2v) is 10.7. The van der Waals surface area contributed by atoms with Crippen LogP contribution in [0.5, 0.6) is 0 Å². The van der Waals surface area contributed by atoms with Crippen molar-refractivity contribution < 1.29 is 28.4 Å². The lowest BCUT2D eigenvalue weighted by Crippen LogP contribution is -2.46. The van der Waals surface area contributed by atoms with E-state index < -0.39 is 17.4 Å². The SMILES string of the molecule is CC(C)CC1(C)OCC(C2OC(C)(CC(C)C)OC2C2COC(C)(C(C)C)O2)O1. The summed E-state index contributed by atoms with van der Waals surface area (Å²) >= 11 is 0. The molecular formula is C23H42O6. The first-order valence-electron chi connectivity index (χ1n) is 11.3. The van der Waals surface area contributed by atoms with E-state index in [0.717, 1.165) is 12.8 Å². The van der Waals surface area contributed by atoms with Gasteiger partial charge in [0.25, 0.3) is 0 Å². The molecule has 6 heteroatoms. The fourth-order valence-electron chi connectivity index (χ4n) is 4.89. The van der Waals surface area contributed by atoms with Crippen LogP contribution in [0.3, 0.4) is 0 Å². The van der Waals surface area contributed by atoms with E-state index in [1.807, 2.05) is 20.8 Å². The van der Waals surface area contributed by atoms with Gasteiger partial charge in [-0.2, -0.15) is 0 Å². The maximum Gasteiger partial charge on any atom is 0.168 e. The molecule has 3 saturated heterocycles. The molecule has 7 atom stereocenters. The van der Waals surface area contributed by atoms with Crippen LogP contribution in [0.2, 0.25) is 0 Å². The molecule has 29 heavy (non-hydrogen) atoms. The minimum Gasteiger partial charge on any atom is -0.347 e. The third-order valence-electron chi connectivity index (χ3n) is 6.31. The second-order valence-electron chi connectivity index (χ2n) is 10.7. The Morgan fingerprint density at radius 1 is 0.655 bits per heavy atom. The zero-order valence-electron chi connectivity index (χ0n) is 19.8. The van der Waals surface area contributed by atoms with Gasteiger partial charge in [-0.05, 0) is 32.6 Å². The first-order chi connectivity index (χ1) is 13.3. The fourth-order valence-corrected chi connectivity index (χ4v) is 4.89. The van der Waals surface area contributed by atoms with Crippen molar-refractivity contribution in [1.82, 2.24) is 0 Å². The van der Waals surface area contributed by atoms with Crippen molar-refractivity contribution in [2.24, 2.45) is 17.8 Å². The maximum atomic E-state index is 6.53. The van der Waals surface area contributed by atoms with Crippen LogP contribution in [0.15, 0.2) is 0 Å². The third-order valence-corrected chi connectivity index (χ3v) is 6.31. The lowest BCUT2D eigenvalue weighted by molar-refractivity contribution is -0.207. The second kappa shape index (κ2) is 8.36. The topological polar surface area (TPSA) is 55.4 Å². The van der Waals surface area contributed by atoms with E-state index in [2.05, 4.69) is 41.5 Å². The van der Waals surface area contributed by atoms with Crippen LogP contribution in [0.4, 0.5) is 0 Å². The van der Waals surface area contributed by atoms with E-state index in [1.54, 1.807) is 0 Å². The highest BCUT2D eigenvalue weighted by molar-refractivity contribution is 4.98. The summed E-state index contributed by atoms with van der Waals surface area (Å²) in [6.45, 7) is 20.0. The van der Waals surface area contributed by atoms with Crippen LogP contribution >= 0.6 is 0 Å². The summed E-state index contributed by atoms with van der Waals surface area (Å²) in [7, 11) is 0. The number of ether oxygens (including phenoxy) is 6. The molecule has 3 aliphatic rings. The van der Waals surface area contributed by atoms with Crippen molar-refractivity contribution in [2.45, 2.75) is 117 Å².